The molecular formula is C97H131F2N13O7S2. The molecule has 0 spiro atoms. The molecule has 0 saturated carbocycles. The van der Waals surface area contributed by atoms with E-state index in [1.165, 1.54) is 80.5 Å². The summed E-state index contributed by atoms with van der Waals surface area (Å²) in [5.41, 5.74) is 19.6. The Labute approximate surface area is 721 Å². The normalized spacial score (nSPS) is 19.5. The van der Waals surface area contributed by atoms with Crippen molar-refractivity contribution in [2.45, 2.75) is 357 Å². The molecular weight excluding hydrogens is 1560 g/mol. The van der Waals surface area contributed by atoms with Crippen LogP contribution in [0.15, 0.2) is 46.4 Å². The van der Waals surface area contributed by atoms with E-state index in [0.717, 1.165) is 163 Å². The molecule has 121 heavy (non-hydrogen) atoms. The smallest absolute Gasteiger partial charge is 0.284 e. The third kappa shape index (κ3) is 15.9. The average molecular weight is 1690 g/mol. The lowest BCUT2D eigenvalue weighted by atomic mass is 9.90. The van der Waals surface area contributed by atoms with E-state index in [2.05, 4.69) is 154 Å². The Hall–Kier alpha value is -8.64. The number of aryl methyl sites for hydroxylation is 3. The number of hydrogen-bond donors (Lipinski definition) is 0. The molecule has 0 atom stereocenters. The molecule has 0 unspecified atom stereocenters. The summed E-state index contributed by atoms with van der Waals surface area (Å²) in [6, 6.07) is 7.81. The monoisotopic (exact) mass is 1690 g/mol. The first kappa shape index (κ1) is 87.3. The number of hydrogen-bond acceptors (Lipinski definition) is 10. The zero-order valence-electron chi connectivity index (χ0n) is 76.5. The van der Waals surface area contributed by atoms with Gasteiger partial charge in [0, 0.05) is 150 Å². The van der Waals surface area contributed by atoms with Crippen LogP contribution < -0.4 is 11.1 Å². The number of carbonyl (C=O) groups is 5. The SMILES string of the molecule is CC(C)N1Cc2c(c(F)c3n2CC(C)(C)C3)C1=O.CC(C)N1Cc2c(c(F)n3c2CC(C)(C)C3)C1=O.CC(C)N1Cc2c(cc3n2CCCC3)C1=O.CC(C)N1Cc2c(cn3c2CC(C)(C)C3)C1=O.CC(C)N1Cc2c(sc3c2CC(C)(C)C3)C1=O.CC(C)n1ccc2c(cc3n2CCCC3)c1=O.CC(C)n1ncc2c3c(sc2c1=O)CC(C)(C)C3. The van der Waals surface area contributed by atoms with Crippen LogP contribution in [0, 0.1) is 38.8 Å². The van der Waals surface area contributed by atoms with Crippen molar-refractivity contribution in [3.05, 3.63) is 174 Å². The Bertz CT molecular complexity index is 5590. The number of rotatable bonds is 7. The summed E-state index contributed by atoms with van der Waals surface area (Å²) in [7, 11) is 0. The number of nitrogens with zero attached hydrogens (tertiary/aromatic N) is 13. The molecule has 19 heterocycles. The van der Waals surface area contributed by atoms with Gasteiger partial charge in [-0.15, -0.1) is 22.7 Å². The maximum atomic E-state index is 14.4. The van der Waals surface area contributed by atoms with Crippen molar-refractivity contribution < 1.29 is 32.8 Å². The average Bonchev–Trinajstić information content (AvgIpc) is 1.53. The fourth-order valence-corrected chi connectivity index (χ4v) is 23.9. The predicted molar refractivity (Wildman–Crippen MR) is 479 cm³/mol. The molecule has 20 nitrogen and oxygen atoms in total. The van der Waals surface area contributed by atoms with Gasteiger partial charge >= 0.3 is 0 Å². The fourth-order valence-electron chi connectivity index (χ4n) is 20.9. The van der Waals surface area contributed by atoms with Gasteiger partial charge in [-0.3, -0.25) is 33.6 Å². The number of carbonyl (C=O) groups excluding carboxylic acids is 5. The van der Waals surface area contributed by atoms with Crippen LogP contribution in [0.25, 0.3) is 21.0 Å². The van der Waals surface area contributed by atoms with E-state index < -0.39 is 0 Å². The predicted octanol–water partition coefficient (Wildman–Crippen LogP) is 18.9. The molecule has 12 aliphatic rings. The highest BCUT2D eigenvalue weighted by Gasteiger charge is 2.47. The second kappa shape index (κ2) is 31.8. The van der Waals surface area contributed by atoms with Gasteiger partial charge in [0.05, 0.1) is 80.4 Å². The van der Waals surface area contributed by atoms with Crippen LogP contribution in [-0.2, 0) is 123 Å². The van der Waals surface area contributed by atoms with Crippen LogP contribution in [-0.4, -0.2) is 121 Å². The zero-order chi connectivity index (χ0) is 87.6. The molecule has 0 bridgehead atoms. The third-order valence-electron chi connectivity index (χ3n) is 27.2. The minimum atomic E-state index is -0.321. The minimum Gasteiger partial charge on any atom is -0.350 e. The summed E-state index contributed by atoms with van der Waals surface area (Å²) >= 11 is 3.42. The first-order valence-electron chi connectivity index (χ1n) is 44.8. The number of thiophene rings is 2. The Kier molecular flexibility index (Phi) is 23.0. The molecule has 0 saturated heterocycles. The molecule has 0 aromatic carbocycles. The number of halogens is 2. The summed E-state index contributed by atoms with van der Waals surface area (Å²) in [5, 5.41) is 6.29. The Morgan fingerprint density at radius 3 is 1.53 bits per heavy atom. The van der Waals surface area contributed by atoms with E-state index in [1.807, 2.05) is 91.6 Å². The Morgan fingerprint density at radius 2 is 0.909 bits per heavy atom. The lowest BCUT2D eigenvalue weighted by Gasteiger charge is -2.23. The summed E-state index contributed by atoms with van der Waals surface area (Å²) in [4.78, 5) is 99.0. The highest BCUT2D eigenvalue weighted by molar-refractivity contribution is 7.19. The number of aromatic nitrogens is 8. The highest BCUT2D eigenvalue weighted by Crippen LogP contribution is 2.49. The first-order valence-corrected chi connectivity index (χ1v) is 46.5. The standard InChI is InChI=1S/2C14H19FN2O.C14H18N2OS.C14H20N2O.C14H18N2O.C14H19NOS.C13H18N2O/c1-8(2)16-6-9-10-5-14(3,4)7-17(10)12(15)11(9)13(16)18;1-8(2)16-6-10-11(13(16)18)12(15)9-5-14(3,4)7-17(9)10;1-8(2)16-13(17)12-10(7-15-16)9-5-14(3,4)6-11(9)18-12;1-9(2)16-7-10-11(13(16)17)6-15-8-14(3,4)5-12(10)15;1-10(2)15-8-6-13-12(14(15)17)9-11-5-3-4-7-16(11)13;1-8(2)15-7-10-9-5-14(3,4)6-11(9)17-12(10)13(15)16;1-9(2)15-8-12-11(13(15)16)7-10-5-3-4-6-14(10)12/h2*8H,5-7H2,1-4H3;7-8H,5-6H2,1-4H3;6,9H,5,7-8H2,1-4H3;6,8-10H,3-5,7H2,1-2H3;8H,5-7H2,1-4H3;7,9H,3-6,8H2,1-2H3. The van der Waals surface area contributed by atoms with Gasteiger partial charge in [-0.2, -0.15) is 9.49 Å². The number of fused-ring (bicyclic) bond motifs is 21. The topological polar surface area (TPSA) is 183 Å². The van der Waals surface area contributed by atoms with Gasteiger partial charge in [0.2, 0.25) is 5.95 Å². The molecule has 2 aliphatic carbocycles. The first-order chi connectivity index (χ1) is 56.7. The molecule has 5 amide bonds. The van der Waals surface area contributed by atoms with E-state index in [1.54, 1.807) is 41.7 Å². The van der Waals surface area contributed by atoms with Crippen molar-refractivity contribution in [3.8, 4) is 0 Å². The van der Waals surface area contributed by atoms with Gasteiger partial charge in [-0.1, -0.05) is 69.2 Å². The van der Waals surface area contributed by atoms with E-state index in [4.69, 9.17) is 0 Å². The summed E-state index contributed by atoms with van der Waals surface area (Å²) in [6.07, 6.45) is 20.3. The molecule has 9 aromatic rings. The molecule has 9 aromatic heterocycles. The Morgan fingerprint density at radius 1 is 0.405 bits per heavy atom. The van der Waals surface area contributed by atoms with Crippen LogP contribution >= 0.6 is 22.7 Å². The molecule has 0 fully saturated rings. The van der Waals surface area contributed by atoms with Crippen LogP contribution in [0.3, 0.4) is 0 Å². The second-order valence-electron chi connectivity index (χ2n) is 42.5. The van der Waals surface area contributed by atoms with Crippen molar-refractivity contribution in [3.63, 3.8) is 0 Å². The van der Waals surface area contributed by atoms with Crippen molar-refractivity contribution in [2.75, 3.05) is 0 Å². The van der Waals surface area contributed by atoms with E-state index in [9.17, 15) is 42.3 Å². The van der Waals surface area contributed by atoms with Gasteiger partial charge in [0.25, 0.3) is 40.7 Å². The second-order valence-corrected chi connectivity index (χ2v) is 44.7. The quantitative estimate of drug-likeness (QED) is 0.151. The van der Waals surface area contributed by atoms with Gasteiger partial charge in [-0.25, -0.2) is 9.07 Å². The molecule has 0 N–H and O–H groups in total. The van der Waals surface area contributed by atoms with Crippen LogP contribution in [0.4, 0.5) is 8.78 Å². The zero-order valence-corrected chi connectivity index (χ0v) is 78.1. The fraction of sp³-hybridized carbons (Fsp3) is 0.608. The molecule has 10 aliphatic heterocycles. The lowest BCUT2D eigenvalue weighted by molar-refractivity contribution is 0.0716. The van der Waals surface area contributed by atoms with E-state index >= 15 is 0 Å². The molecule has 21 rings (SSSR count). The van der Waals surface area contributed by atoms with Crippen molar-refractivity contribution in [2.24, 2.45) is 27.1 Å². The van der Waals surface area contributed by atoms with Crippen LogP contribution in [0.5, 0.6) is 0 Å². The van der Waals surface area contributed by atoms with Crippen LogP contribution in [0.2, 0.25) is 0 Å². The largest absolute Gasteiger partial charge is 0.350 e. The molecule has 24 heteroatoms. The van der Waals surface area contributed by atoms with Crippen molar-refractivity contribution in [1.29, 1.82) is 0 Å². The third-order valence-corrected chi connectivity index (χ3v) is 29.7. The maximum Gasteiger partial charge on any atom is 0.284 e. The van der Waals surface area contributed by atoms with Crippen LogP contribution in [0.1, 0.15) is 332 Å². The highest BCUT2D eigenvalue weighted by atomic mass is 32.1. The van der Waals surface area contributed by atoms with Crippen molar-refractivity contribution >= 4 is 73.2 Å². The lowest BCUT2D eigenvalue weighted by Crippen LogP contribution is -2.31. The Balaban J connectivity index is 0.000000110. The van der Waals surface area contributed by atoms with Gasteiger partial charge < -0.3 is 51.9 Å². The maximum absolute atomic E-state index is 14.4. The minimum absolute atomic E-state index is 0.0692. The number of pyridine rings is 1. The van der Waals surface area contributed by atoms with Gasteiger partial charge in [-0.05, 0) is 242 Å². The number of amides is 5. The summed E-state index contributed by atoms with van der Waals surface area (Å²) in [5.74, 6) is -0.175. The van der Waals surface area contributed by atoms with E-state index in [0.29, 0.717) is 65.1 Å². The van der Waals surface area contributed by atoms with Gasteiger partial charge in [0.15, 0.2) is 5.82 Å². The summed E-state index contributed by atoms with van der Waals surface area (Å²) < 4.78 is 43.8. The van der Waals surface area contributed by atoms with Gasteiger partial charge in [0.1, 0.15) is 4.70 Å². The van der Waals surface area contributed by atoms with Crippen molar-refractivity contribution in [1.82, 2.24) is 61.7 Å². The molecule has 0 radical (unpaired) electrons. The molecule has 652 valence electrons. The summed E-state index contributed by atoms with van der Waals surface area (Å²) in [6.45, 7) is 59.1. The van der Waals surface area contributed by atoms with E-state index in [-0.39, 0.29) is 87.4 Å².